The third-order valence-corrected chi connectivity index (χ3v) is 8.15. The van der Waals surface area contributed by atoms with Crippen molar-refractivity contribution in [2.75, 3.05) is 19.6 Å². The minimum Gasteiger partial charge on any atom is -0.480 e. The minimum absolute atomic E-state index is 0.0963. The number of aliphatic imine (C=N–C) groups is 2. The number of nitrogens with one attached hydrogen (secondary N) is 2. The number of hydrogen-bond acceptors (Lipinski definition) is 11. The predicted molar refractivity (Wildman–Crippen MR) is 150 cm³/mol. The Morgan fingerprint density at radius 1 is 1.20 bits per heavy atom. The summed E-state index contributed by atoms with van der Waals surface area (Å²) in [5.74, 6) is 1.04. The summed E-state index contributed by atoms with van der Waals surface area (Å²) in [5.41, 5.74) is 12.9. The number of rotatable bonds is 7. The Hall–Kier alpha value is -4.33. The molecule has 2 aromatic rings. The van der Waals surface area contributed by atoms with E-state index >= 15 is 0 Å². The smallest absolute Gasteiger partial charge is 0.323 e. The number of carboxylic acid groups (broad SMARTS) is 1. The zero-order valence-corrected chi connectivity index (χ0v) is 23.3. The van der Waals surface area contributed by atoms with Gasteiger partial charge in [-0.05, 0) is 57.9 Å². The van der Waals surface area contributed by atoms with Crippen LogP contribution in [-0.4, -0.2) is 85.7 Å². The number of nitrogens with two attached hydrogens (primary N) is 1. The second-order valence-electron chi connectivity index (χ2n) is 11.3. The third-order valence-electron chi connectivity index (χ3n) is 8.15. The van der Waals surface area contributed by atoms with Crippen LogP contribution in [0.3, 0.4) is 0 Å². The average molecular weight is 563 g/mol. The Morgan fingerprint density at radius 3 is 2.54 bits per heavy atom. The van der Waals surface area contributed by atoms with Gasteiger partial charge in [0, 0.05) is 37.4 Å². The Labute approximate surface area is 236 Å². The summed E-state index contributed by atoms with van der Waals surface area (Å²) >= 11 is 0. The molecule has 1 saturated heterocycles. The summed E-state index contributed by atoms with van der Waals surface area (Å²) in [4.78, 5) is 43.1. The number of aliphatic carboxylic acids is 1. The molecule has 2 amide bonds. The first kappa shape index (κ1) is 26.9. The molecule has 0 spiro atoms. The van der Waals surface area contributed by atoms with Gasteiger partial charge in [-0.1, -0.05) is 5.16 Å². The number of carboxylic acids is 1. The lowest BCUT2D eigenvalue weighted by atomic mass is 9.91. The lowest BCUT2D eigenvalue weighted by Crippen LogP contribution is -2.53. The van der Waals surface area contributed by atoms with Gasteiger partial charge in [0.15, 0.2) is 17.2 Å². The summed E-state index contributed by atoms with van der Waals surface area (Å²) in [7, 11) is 0. The highest BCUT2D eigenvalue weighted by atomic mass is 16.5. The number of hydrazine groups is 1. The van der Waals surface area contributed by atoms with Crippen molar-refractivity contribution in [1.29, 1.82) is 0 Å². The molecule has 1 aliphatic carbocycles. The fourth-order valence-corrected chi connectivity index (χ4v) is 5.88. The number of carbonyl (C=O) groups is 2. The van der Waals surface area contributed by atoms with Crippen LogP contribution in [0.15, 0.2) is 32.5 Å². The Kier molecular flexibility index (Phi) is 6.72. The molecular formula is C27H34N10O4. The highest BCUT2D eigenvalue weighted by Gasteiger charge is 2.49. The molecule has 6 rings (SSSR count). The molecule has 3 aliphatic heterocycles. The quantitative estimate of drug-likeness (QED) is 0.389. The molecule has 1 unspecified atom stereocenters. The molecular weight excluding hydrogens is 528 g/mol. The number of urea groups is 1. The van der Waals surface area contributed by atoms with Gasteiger partial charge in [-0.3, -0.25) is 4.79 Å². The number of nitrogens with zero attached hydrogens (tertiary/aromatic N) is 7. The molecule has 14 nitrogen and oxygen atoms in total. The number of piperidine rings is 1. The molecule has 5 heterocycles. The van der Waals surface area contributed by atoms with Gasteiger partial charge in [0.1, 0.15) is 24.4 Å². The highest BCUT2D eigenvalue weighted by Crippen LogP contribution is 2.48. The van der Waals surface area contributed by atoms with Crippen LogP contribution >= 0.6 is 0 Å². The zero-order chi connectivity index (χ0) is 28.9. The van der Waals surface area contributed by atoms with E-state index in [-0.39, 0.29) is 23.9 Å². The average Bonchev–Trinajstić information content (AvgIpc) is 3.62. The number of aromatic nitrogens is 3. The maximum Gasteiger partial charge on any atom is 0.323 e. The van der Waals surface area contributed by atoms with Gasteiger partial charge in [0.05, 0.1) is 16.8 Å². The molecule has 1 atom stereocenters. The van der Waals surface area contributed by atoms with Crippen molar-refractivity contribution in [1.82, 2.24) is 35.8 Å². The van der Waals surface area contributed by atoms with E-state index in [9.17, 15) is 9.59 Å². The van der Waals surface area contributed by atoms with Crippen molar-refractivity contribution in [2.45, 2.75) is 70.0 Å². The van der Waals surface area contributed by atoms with Crippen LogP contribution in [0, 0.1) is 0 Å². The summed E-state index contributed by atoms with van der Waals surface area (Å²) in [6, 6.07) is -0.263. The summed E-state index contributed by atoms with van der Waals surface area (Å²) in [5, 5.41) is 17.8. The van der Waals surface area contributed by atoms with Gasteiger partial charge in [-0.25, -0.2) is 24.7 Å². The van der Waals surface area contributed by atoms with Crippen molar-refractivity contribution < 1.29 is 19.2 Å². The van der Waals surface area contributed by atoms with E-state index in [0.717, 1.165) is 48.1 Å². The van der Waals surface area contributed by atoms with Crippen molar-refractivity contribution in [2.24, 2.45) is 15.7 Å². The zero-order valence-electron chi connectivity index (χ0n) is 23.3. The van der Waals surface area contributed by atoms with Gasteiger partial charge in [-0.15, -0.1) is 0 Å². The molecule has 0 bridgehead atoms. The number of likely N-dealkylation sites (tertiary alicyclic amines) is 1. The molecule has 2 fully saturated rings. The first-order valence-corrected chi connectivity index (χ1v) is 13.9. The number of amides is 2. The van der Waals surface area contributed by atoms with Crippen LogP contribution < -0.4 is 16.5 Å². The van der Waals surface area contributed by atoms with E-state index in [1.54, 1.807) is 4.90 Å². The molecule has 2 aromatic heterocycles. The van der Waals surface area contributed by atoms with E-state index in [1.165, 1.54) is 6.34 Å². The molecule has 14 heteroatoms. The van der Waals surface area contributed by atoms with Crippen molar-refractivity contribution >= 4 is 29.9 Å². The first-order valence-electron chi connectivity index (χ1n) is 13.9. The van der Waals surface area contributed by atoms with Crippen LogP contribution in [0.25, 0.3) is 17.1 Å². The first-order chi connectivity index (χ1) is 19.7. The van der Waals surface area contributed by atoms with E-state index in [4.69, 9.17) is 25.3 Å². The second-order valence-corrected chi connectivity index (χ2v) is 11.3. The summed E-state index contributed by atoms with van der Waals surface area (Å²) < 4.78 is 5.92. The van der Waals surface area contributed by atoms with Crippen LogP contribution in [0.4, 0.5) is 4.79 Å². The standard InChI is InChI=1S/C27H34N10O4/c1-14(2)37-27(3)20(24(28)32-13-33-27)22(34-37)21-19(23(41-35-21)16-4-5-16)25-29-10-17(11-30-25)15-6-8-36(9-7-15)26(40)31-12-18(38)39/h10-11,13-16,34H,4-9,12H2,1-3H3,(H,31,40)(H,38,39)(H2,28,32,33). The number of carbonyl (C=O) groups excluding carboxylic acids is 1. The highest BCUT2D eigenvalue weighted by molar-refractivity contribution is 6.11. The Morgan fingerprint density at radius 2 is 1.90 bits per heavy atom. The largest absolute Gasteiger partial charge is 0.480 e. The number of fused-ring (bicyclic) bond motifs is 1. The minimum atomic E-state index is -1.07. The summed E-state index contributed by atoms with van der Waals surface area (Å²) in [6.07, 6.45) is 8.67. The molecule has 1 saturated carbocycles. The van der Waals surface area contributed by atoms with E-state index in [0.29, 0.717) is 36.1 Å². The van der Waals surface area contributed by atoms with E-state index < -0.39 is 18.2 Å². The van der Waals surface area contributed by atoms with Crippen LogP contribution in [0.2, 0.25) is 0 Å². The van der Waals surface area contributed by atoms with Gasteiger partial charge in [0.25, 0.3) is 0 Å². The Bertz CT molecular complexity index is 1450. The van der Waals surface area contributed by atoms with Crippen molar-refractivity contribution in [3.8, 4) is 11.4 Å². The molecule has 216 valence electrons. The lowest BCUT2D eigenvalue weighted by Gasteiger charge is -2.36. The van der Waals surface area contributed by atoms with Crippen molar-refractivity contribution in [3.05, 3.63) is 35.0 Å². The van der Waals surface area contributed by atoms with Gasteiger partial charge in [-0.2, -0.15) is 5.01 Å². The monoisotopic (exact) mass is 562 g/mol. The van der Waals surface area contributed by atoms with Gasteiger partial charge < -0.3 is 31.0 Å². The normalized spacial score (nSPS) is 23.0. The fraction of sp³-hybridized carbons (Fsp3) is 0.519. The molecule has 41 heavy (non-hydrogen) atoms. The van der Waals surface area contributed by atoms with Crippen LogP contribution in [-0.2, 0) is 4.79 Å². The molecule has 4 aliphatic rings. The topological polar surface area (TPSA) is 187 Å². The van der Waals surface area contributed by atoms with E-state index in [2.05, 4.69) is 39.7 Å². The summed E-state index contributed by atoms with van der Waals surface area (Å²) in [6.45, 7) is 6.80. The van der Waals surface area contributed by atoms with E-state index in [1.807, 2.05) is 24.3 Å². The van der Waals surface area contributed by atoms with Gasteiger partial charge >= 0.3 is 12.0 Å². The number of amidine groups is 1. The third kappa shape index (κ3) is 4.81. The predicted octanol–water partition coefficient (Wildman–Crippen LogP) is 2.04. The van der Waals surface area contributed by atoms with Crippen LogP contribution in [0.5, 0.6) is 0 Å². The number of hydrogen-bond donors (Lipinski definition) is 4. The van der Waals surface area contributed by atoms with Gasteiger partial charge in [0.2, 0.25) is 0 Å². The molecule has 0 aromatic carbocycles. The fourth-order valence-electron chi connectivity index (χ4n) is 5.88. The lowest BCUT2D eigenvalue weighted by molar-refractivity contribution is -0.135. The second kappa shape index (κ2) is 10.3. The SMILES string of the molecule is CC(C)N1NC(c2noc(C3CC3)c2-c2ncc(C3CCN(C(=O)NCC(=O)O)CC3)cn2)=C2C(N)=NC=NC21C. The van der Waals surface area contributed by atoms with Crippen LogP contribution in [0.1, 0.15) is 75.3 Å². The maximum absolute atomic E-state index is 12.2. The molecule has 5 N–H and O–H groups in total. The van der Waals surface area contributed by atoms with Crippen molar-refractivity contribution in [3.63, 3.8) is 0 Å². The molecule has 0 radical (unpaired) electrons. The maximum atomic E-state index is 12.2. The Balaban J connectivity index is 1.27.